The number of hydrogen-bond donors (Lipinski definition) is 2. The number of carbonyl (C=O) groups excluding carboxylic acids is 1. The fourth-order valence-corrected chi connectivity index (χ4v) is 4.90. The molecule has 0 saturated heterocycles. The molecule has 0 bridgehead atoms. The molecule has 32 heavy (non-hydrogen) atoms. The minimum atomic E-state index is -4.03. The molecule has 1 atom stereocenters. The highest BCUT2D eigenvalue weighted by Crippen LogP contribution is 2.25. The van der Waals surface area contributed by atoms with Crippen molar-refractivity contribution >= 4 is 21.6 Å². The third-order valence-corrected chi connectivity index (χ3v) is 6.65. The lowest BCUT2D eigenvalue weighted by Gasteiger charge is -2.20. The number of carbonyl (C=O) groups is 1. The summed E-state index contributed by atoms with van der Waals surface area (Å²) in [5.74, 6) is -0.205. The molecule has 7 heteroatoms. The van der Waals surface area contributed by atoms with Crippen LogP contribution in [0.1, 0.15) is 23.6 Å². The molecule has 0 aliphatic heterocycles. The predicted octanol–water partition coefficient (Wildman–Crippen LogP) is 4.09. The number of hydrogen-bond acceptors (Lipinski definition) is 4. The van der Waals surface area contributed by atoms with Crippen LogP contribution in [-0.2, 0) is 27.7 Å². The first-order valence-corrected chi connectivity index (χ1v) is 11.9. The molecule has 0 fully saturated rings. The number of sulfonamides is 1. The Labute approximate surface area is 189 Å². The van der Waals surface area contributed by atoms with Crippen molar-refractivity contribution < 1.29 is 17.9 Å². The van der Waals surface area contributed by atoms with E-state index >= 15 is 0 Å². The summed E-state index contributed by atoms with van der Waals surface area (Å²) in [6.07, 6.45) is 0.945. The maximum atomic E-state index is 13.3. The van der Waals surface area contributed by atoms with Crippen LogP contribution in [0.4, 0.5) is 5.69 Å². The van der Waals surface area contributed by atoms with E-state index in [2.05, 4.69) is 10.0 Å². The van der Waals surface area contributed by atoms with Gasteiger partial charge in [-0.05, 0) is 54.7 Å². The number of rotatable bonds is 9. The number of methoxy groups -OCH3 is 1. The molecule has 3 aromatic carbocycles. The van der Waals surface area contributed by atoms with Crippen LogP contribution < -0.4 is 14.8 Å². The monoisotopic (exact) mass is 452 g/mol. The van der Waals surface area contributed by atoms with Gasteiger partial charge in [0.2, 0.25) is 15.9 Å². The largest absolute Gasteiger partial charge is 0.495 e. The van der Waals surface area contributed by atoms with Gasteiger partial charge in [0.25, 0.3) is 0 Å². The summed E-state index contributed by atoms with van der Waals surface area (Å²) in [6.45, 7) is 3.80. The second-order valence-electron chi connectivity index (χ2n) is 7.52. The Hall–Kier alpha value is -3.16. The van der Waals surface area contributed by atoms with Gasteiger partial charge in [-0.25, -0.2) is 8.42 Å². The zero-order valence-electron chi connectivity index (χ0n) is 18.5. The Morgan fingerprint density at radius 2 is 1.69 bits per heavy atom. The van der Waals surface area contributed by atoms with E-state index in [0.29, 0.717) is 5.69 Å². The molecule has 1 unspecified atom stereocenters. The standard InChI is InChI=1S/C25H28N2O4S/c1-4-20-12-8-9-13-21(20)26-25(28)22(17-19-10-6-5-7-11-19)27-32(29,30)24-16-18(2)14-15-23(24)31-3/h5-16,22,27H,4,17H2,1-3H3,(H,26,28). The van der Waals surface area contributed by atoms with Gasteiger partial charge in [0, 0.05) is 5.69 Å². The molecule has 0 radical (unpaired) electrons. The molecule has 3 rings (SSSR count). The van der Waals surface area contributed by atoms with Crippen molar-refractivity contribution in [1.82, 2.24) is 4.72 Å². The zero-order valence-corrected chi connectivity index (χ0v) is 19.3. The normalized spacial score (nSPS) is 12.2. The predicted molar refractivity (Wildman–Crippen MR) is 126 cm³/mol. The minimum absolute atomic E-state index is 0.000167. The second-order valence-corrected chi connectivity index (χ2v) is 9.20. The number of nitrogens with one attached hydrogen (secondary N) is 2. The van der Waals surface area contributed by atoms with Gasteiger partial charge in [0.1, 0.15) is 16.7 Å². The molecule has 0 heterocycles. The molecule has 6 nitrogen and oxygen atoms in total. The van der Waals surface area contributed by atoms with E-state index in [0.717, 1.165) is 23.1 Å². The first-order valence-electron chi connectivity index (χ1n) is 10.4. The average Bonchev–Trinajstić information content (AvgIpc) is 2.79. The van der Waals surface area contributed by atoms with E-state index in [1.165, 1.54) is 13.2 Å². The number of aryl methyl sites for hydroxylation is 2. The lowest BCUT2D eigenvalue weighted by molar-refractivity contribution is -0.117. The van der Waals surface area contributed by atoms with Crippen molar-refractivity contribution in [3.8, 4) is 5.75 Å². The fourth-order valence-electron chi connectivity index (χ4n) is 3.45. The van der Waals surface area contributed by atoms with E-state index in [4.69, 9.17) is 4.74 Å². The average molecular weight is 453 g/mol. The molecule has 168 valence electrons. The first kappa shape index (κ1) is 23.5. The number of para-hydroxylation sites is 1. The van der Waals surface area contributed by atoms with Crippen molar-refractivity contribution in [2.24, 2.45) is 0 Å². The Kier molecular flexibility index (Phi) is 7.66. The molecule has 1 amide bonds. The van der Waals surface area contributed by atoms with Gasteiger partial charge < -0.3 is 10.1 Å². The summed E-state index contributed by atoms with van der Waals surface area (Å²) < 4.78 is 34.4. The molecule has 0 aromatic heterocycles. The first-order chi connectivity index (χ1) is 15.3. The van der Waals surface area contributed by atoms with E-state index < -0.39 is 22.0 Å². The fraction of sp³-hybridized carbons (Fsp3) is 0.240. The van der Waals surface area contributed by atoms with Crippen molar-refractivity contribution in [2.75, 3.05) is 12.4 Å². The Bertz CT molecular complexity index is 1180. The lowest BCUT2D eigenvalue weighted by atomic mass is 10.1. The molecule has 0 spiro atoms. The van der Waals surface area contributed by atoms with Gasteiger partial charge >= 0.3 is 0 Å². The van der Waals surface area contributed by atoms with Gasteiger partial charge in [-0.15, -0.1) is 0 Å². The minimum Gasteiger partial charge on any atom is -0.495 e. The Morgan fingerprint density at radius 3 is 2.38 bits per heavy atom. The summed E-state index contributed by atoms with van der Waals surface area (Å²) in [5, 5.41) is 2.90. The van der Waals surface area contributed by atoms with Crippen LogP contribution in [-0.4, -0.2) is 27.5 Å². The van der Waals surface area contributed by atoms with Crippen LogP contribution in [0.5, 0.6) is 5.75 Å². The van der Waals surface area contributed by atoms with E-state index in [9.17, 15) is 13.2 Å². The SMILES string of the molecule is CCc1ccccc1NC(=O)C(Cc1ccccc1)NS(=O)(=O)c1cc(C)ccc1OC. The highest BCUT2D eigenvalue weighted by molar-refractivity contribution is 7.89. The number of benzene rings is 3. The van der Waals surface area contributed by atoms with Crippen LogP contribution in [0.25, 0.3) is 0 Å². The zero-order chi connectivity index (χ0) is 23.1. The Balaban J connectivity index is 1.94. The third kappa shape index (κ3) is 5.75. The van der Waals surface area contributed by atoms with Gasteiger partial charge in [0.05, 0.1) is 7.11 Å². The lowest BCUT2D eigenvalue weighted by Crippen LogP contribution is -2.45. The molecule has 2 N–H and O–H groups in total. The van der Waals surface area contributed by atoms with Gasteiger partial charge in [-0.1, -0.05) is 61.5 Å². The van der Waals surface area contributed by atoms with Crippen LogP contribution in [0.15, 0.2) is 77.7 Å². The van der Waals surface area contributed by atoms with Crippen LogP contribution in [0.2, 0.25) is 0 Å². The second kappa shape index (κ2) is 10.4. The third-order valence-electron chi connectivity index (χ3n) is 5.16. The summed E-state index contributed by atoms with van der Waals surface area (Å²) in [4.78, 5) is 13.2. The number of ether oxygens (including phenoxy) is 1. The molecule has 3 aromatic rings. The van der Waals surface area contributed by atoms with Crippen LogP contribution >= 0.6 is 0 Å². The Morgan fingerprint density at radius 1 is 1.00 bits per heavy atom. The molecular weight excluding hydrogens is 424 g/mol. The van der Waals surface area contributed by atoms with Crippen molar-refractivity contribution in [1.29, 1.82) is 0 Å². The summed E-state index contributed by atoms with van der Waals surface area (Å²) in [7, 11) is -2.62. The molecule has 0 aliphatic rings. The van der Waals surface area contributed by atoms with Crippen LogP contribution in [0, 0.1) is 6.92 Å². The summed E-state index contributed by atoms with van der Waals surface area (Å²) in [5.41, 5.74) is 3.26. The summed E-state index contributed by atoms with van der Waals surface area (Å²) >= 11 is 0. The van der Waals surface area contributed by atoms with Crippen molar-refractivity contribution in [3.05, 3.63) is 89.5 Å². The molecular formula is C25H28N2O4S. The number of amides is 1. The number of anilines is 1. The van der Waals surface area contributed by atoms with E-state index in [1.807, 2.05) is 61.5 Å². The quantitative estimate of drug-likeness (QED) is 0.512. The summed E-state index contributed by atoms with van der Waals surface area (Å²) in [6, 6.07) is 20.7. The highest BCUT2D eigenvalue weighted by Gasteiger charge is 2.28. The maximum absolute atomic E-state index is 13.3. The van der Waals surface area contributed by atoms with Gasteiger partial charge in [-0.2, -0.15) is 4.72 Å². The van der Waals surface area contributed by atoms with E-state index in [-0.39, 0.29) is 17.1 Å². The molecule has 0 aliphatic carbocycles. The smallest absolute Gasteiger partial charge is 0.245 e. The van der Waals surface area contributed by atoms with Crippen molar-refractivity contribution in [3.63, 3.8) is 0 Å². The van der Waals surface area contributed by atoms with Gasteiger partial charge in [0.15, 0.2) is 0 Å². The van der Waals surface area contributed by atoms with Crippen LogP contribution in [0.3, 0.4) is 0 Å². The topological polar surface area (TPSA) is 84.5 Å². The highest BCUT2D eigenvalue weighted by atomic mass is 32.2. The maximum Gasteiger partial charge on any atom is 0.245 e. The van der Waals surface area contributed by atoms with Crippen molar-refractivity contribution in [2.45, 2.75) is 37.6 Å². The van der Waals surface area contributed by atoms with Gasteiger partial charge in [-0.3, -0.25) is 4.79 Å². The van der Waals surface area contributed by atoms with E-state index in [1.54, 1.807) is 19.1 Å². The molecule has 0 saturated carbocycles.